The van der Waals surface area contributed by atoms with E-state index in [4.69, 9.17) is 0 Å². The number of para-hydroxylation sites is 1. The summed E-state index contributed by atoms with van der Waals surface area (Å²) in [6.45, 7) is 2.48. The van der Waals surface area contributed by atoms with Crippen LogP contribution in [0.4, 0.5) is 5.69 Å². The minimum Gasteiger partial charge on any atom is -0.312 e. The van der Waals surface area contributed by atoms with Gasteiger partial charge in [0.2, 0.25) is 5.91 Å². The first kappa shape index (κ1) is 16.3. The molecule has 25 heavy (non-hydrogen) atoms. The normalized spacial score (nSPS) is 13.6. The lowest BCUT2D eigenvalue weighted by Crippen LogP contribution is -2.32. The van der Waals surface area contributed by atoms with Crippen LogP contribution in [0.25, 0.3) is 10.1 Å². The fraction of sp³-hybridized carbons (Fsp3) is 0.286. The van der Waals surface area contributed by atoms with Gasteiger partial charge in [0, 0.05) is 36.4 Å². The van der Waals surface area contributed by atoms with Crippen molar-refractivity contribution >= 4 is 33.0 Å². The van der Waals surface area contributed by atoms with Crippen LogP contribution in [0.2, 0.25) is 0 Å². The number of hydrogen-bond acceptors (Lipinski definition) is 3. The minimum absolute atomic E-state index is 0.229. The summed E-state index contributed by atoms with van der Waals surface area (Å²) in [6, 6.07) is 16.8. The molecule has 128 valence electrons. The predicted octanol–water partition coefficient (Wildman–Crippen LogP) is 4.31. The summed E-state index contributed by atoms with van der Waals surface area (Å²) in [5.41, 5.74) is 3.73. The number of hydrogen-bond donors (Lipinski definition) is 0. The van der Waals surface area contributed by atoms with E-state index < -0.39 is 0 Å². The Kier molecular flexibility index (Phi) is 4.55. The first-order chi connectivity index (χ1) is 12.2. The van der Waals surface area contributed by atoms with Crippen LogP contribution in [0.1, 0.15) is 17.5 Å². The molecule has 2 heterocycles. The number of rotatable bonds is 5. The van der Waals surface area contributed by atoms with Gasteiger partial charge in [-0.2, -0.15) is 0 Å². The summed E-state index contributed by atoms with van der Waals surface area (Å²) in [4.78, 5) is 16.8. The van der Waals surface area contributed by atoms with Gasteiger partial charge in [-0.05, 0) is 47.5 Å². The Balaban J connectivity index is 1.36. The Morgan fingerprint density at radius 2 is 1.96 bits per heavy atom. The number of amides is 1. The molecule has 0 unspecified atom stereocenters. The molecule has 0 bridgehead atoms. The maximum Gasteiger partial charge on any atom is 0.228 e. The molecule has 0 spiro atoms. The lowest BCUT2D eigenvalue weighted by molar-refractivity contribution is -0.118. The quantitative estimate of drug-likeness (QED) is 0.684. The fourth-order valence-electron chi connectivity index (χ4n) is 3.54. The molecule has 0 radical (unpaired) electrons. The third-order valence-corrected chi connectivity index (χ3v) is 5.91. The van der Waals surface area contributed by atoms with Gasteiger partial charge in [-0.1, -0.05) is 36.4 Å². The molecule has 4 heteroatoms. The minimum atomic E-state index is 0.229. The van der Waals surface area contributed by atoms with Gasteiger partial charge in [-0.25, -0.2) is 0 Å². The predicted molar refractivity (Wildman–Crippen MR) is 105 cm³/mol. The Bertz CT molecular complexity index is 902. The molecule has 0 saturated heterocycles. The van der Waals surface area contributed by atoms with Crippen molar-refractivity contribution in [1.82, 2.24) is 4.90 Å². The monoisotopic (exact) mass is 350 g/mol. The average molecular weight is 350 g/mol. The Labute approximate surface area is 152 Å². The summed E-state index contributed by atoms with van der Waals surface area (Å²) in [6.07, 6.45) is 1.53. The van der Waals surface area contributed by atoms with Gasteiger partial charge in [-0.3, -0.25) is 4.79 Å². The van der Waals surface area contributed by atoms with E-state index in [9.17, 15) is 4.79 Å². The summed E-state index contributed by atoms with van der Waals surface area (Å²) >= 11 is 1.79. The molecule has 0 N–H and O–H groups in total. The first-order valence-electron chi connectivity index (χ1n) is 8.74. The molecule has 1 aliphatic rings. The first-order valence-corrected chi connectivity index (χ1v) is 9.62. The van der Waals surface area contributed by atoms with Crippen molar-refractivity contribution in [2.45, 2.75) is 19.4 Å². The van der Waals surface area contributed by atoms with E-state index in [0.717, 1.165) is 31.7 Å². The van der Waals surface area contributed by atoms with Crippen molar-refractivity contribution in [3.05, 3.63) is 65.0 Å². The zero-order chi connectivity index (χ0) is 17.2. The second-order valence-corrected chi connectivity index (χ2v) is 7.58. The van der Waals surface area contributed by atoms with Crippen LogP contribution in [-0.2, 0) is 17.8 Å². The molecule has 3 aromatic rings. The van der Waals surface area contributed by atoms with Crippen LogP contribution < -0.4 is 4.90 Å². The average Bonchev–Trinajstić information content (AvgIpc) is 3.24. The van der Waals surface area contributed by atoms with E-state index in [2.05, 4.69) is 53.7 Å². The molecule has 3 nitrogen and oxygen atoms in total. The second-order valence-electron chi connectivity index (χ2n) is 6.67. The highest BCUT2D eigenvalue weighted by Gasteiger charge is 2.23. The molecular weight excluding hydrogens is 328 g/mol. The molecule has 1 amide bonds. The third-order valence-electron chi connectivity index (χ3n) is 4.90. The summed E-state index contributed by atoms with van der Waals surface area (Å²) < 4.78 is 1.33. The molecule has 2 aromatic carbocycles. The van der Waals surface area contributed by atoms with Gasteiger partial charge in [-0.15, -0.1) is 11.3 Å². The number of nitrogens with zero attached hydrogens (tertiary/aromatic N) is 2. The summed E-state index contributed by atoms with van der Waals surface area (Å²) in [7, 11) is 2.09. The maximum atomic E-state index is 12.6. The van der Waals surface area contributed by atoms with E-state index >= 15 is 0 Å². The van der Waals surface area contributed by atoms with Gasteiger partial charge in [0.25, 0.3) is 0 Å². The largest absolute Gasteiger partial charge is 0.312 e. The molecule has 4 rings (SSSR count). The lowest BCUT2D eigenvalue weighted by atomic mass is 10.1. The lowest BCUT2D eigenvalue weighted by Gasteiger charge is -2.20. The number of carbonyl (C=O) groups excluding carboxylic acids is 1. The van der Waals surface area contributed by atoms with Crippen LogP contribution in [-0.4, -0.2) is 30.9 Å². The van der Waals surface area contributed by atoms with Crippen LogP contribution in [0.3, 0.4) is 0 Å². The third kappa shape index (κ3) is 3.32. The molecule has 0 saturated carbocycles. The van der Waals surface area contributed by atoms with Crippen molar-refractivity contribution in [3.8, 4) is 0 Å². The zero-order valence-corrected chi connectivity index (χ0v) is 15.3. The van der Waals surface area contributed by atoms with E-state index in [-0.39, 0.29) is 5.91 Å². The fourth-order valence-corrected chi connectivity index (χ4v) is 4.50. The Morgan fingerprint density at radius 3 is 2.88 bits per heavy atom. The maximum absolute atomic E-state index is 12.6. The van der Waals surface area contributed by atoms with Gasteiger partial charge < -0.3 is 9.80 Å². The summed E-state index contributed by atoms with van der Waals surface area (Å²) in [5, 5.41) is 3.57. The van der Waals surface area contributed by atoms with Crippen molar-refractivity contribution in [3.63, 3.8) is 0 Å². The van der Waals surface area contributed by atoms with E-state index in [1.807, 2.05) is 17.0 Å². The van der Waals surface area contributed by atoms with Crippen LogP contribution in [0.15, 0.2) is 53.9 Å². The molecular formula is C21H22N2OS. The standard InChI is InChI=1S/C21H22N2OS/c1-22(14-17-15-25-20-9-5-3-7-18(17)20)12-11-21(24)23-13-10-16-6-2-4-8-19(16)23/h2-9,15H,10-14H2,1H3. The highest BCUT2D eigenvalue weighted by atomic mass is 32.1. The van der Waals surface area contributed by atoms with E-state index in [1.165, 1.54) is 21.2 Å². The van der Waals surface area contributed by atoms with E-state index in [0.29, 0.717) is 6.42 Å². The van der Waals surface area contributed by atoms with E-state index in [1.54, 1.807) is 11.3 Å². The number of anilines is 1. The highest BCUT2D eigenvalue weighted by Crippen LogP contribution is 2.28. The zero-order valence-electron chi connectivity index (χ0n) is 14.4. The molecule has 1 aromatic heterocycles. The Morgan fingerprint density at radius 1 is 1.16 bits per heavy atom. The van der Waals surface area contributed by atoms with Gasteiger partial charge in [0.05, 0.1) is 0 Å². The smallest absolute Gasteiger partial charge is 0.228 e. The Hall–Kier alpha value is -2.17. The van der Waals surface area contributed by atoms with Crippen LogP contribution >= 0.6 is 11.3 Å². The number of fused-ring (bicyclic) bond motifs is 2. The topological polar surface area (TPSA) is 23.6 Å². The molecule has 0 fully saturated rings. The number of thiophene rings is 1. The number of carbonyl (C=O) groups is 1. The highest BCUT2D eigenvalue weighted by molar-refractivity contribution is 7.17. The van der Waals surface area contributed by atoms with Crippen molar-refractivity contribution in [2.24, 2.45) is 0 Å². The van der Waals surface area contributed by atoms with Crippen LogP contribution in [0, 0.1) is 0 Å². The van der Waals surface area contributed by atoms with Gasteiger partial charge in [0.15, 0.2) is 0 Å². The van der Waals surface area contributed by atoms with Crippen LogP contribution in [0.5, 0.6) is 0 Å². The van der Waals surface area contributed by atoms with Gasteiger partial charge in [0.1, 0.15) is 0 Å². The second kappa shape index (κ2) is 6.98. The number of benzene rings is 2. The van der Waals surface area contributed by atoms with Crippen molar-refractivity contribution in [2.75, 3.05) is 25.0 Å². The molecule has 0 aliphatic carbocycles. The van der Waals surface area contributed by atoms with Crippen molar-refractivity contribution < 1.29 is 4.79 Å². The summed E-state index contributed by atoms with van der Waals surface area (Å²) in [5.74, 6) is 0.229. The molecule has 0 atom stereocenters. The molecule has 1 aliphatic heterocycles. The SMILES string of the molecule is CN(CCC(=O)N1CCc2ccccc21)Cc1csc2ccccc12. The van der Waals surface area contributed by atoms with Crippen molar-refractivity contribution in [1.29, 1.82) is 0 Å². The van der Waals surface area contributed by atoms with Gasteiger partial charge >= 0.3 is 0 Å².